The summed E-state index contributed by atoms with van der Waals surface area (Å²) < 4.78 is 0. The van der Waals surface area contributed by atoms with Crippen LogP contribution in [0.15, 0.2) is 22.9 Å². The number of aliphatic hydroxyl groups is 2. The Balaban J connectivity index is 2.28. The molecule has 94 valence electrons. The van der Waals surface area contributed by atoms with E-state index in [0.29, 0.717) is 18.4 Å². The highest BCUT2D eigenvalue weighted by atomic mass is 16.3. The Morgan fingerprint density at radius 1 is 1.29 bits per heavy atom. The molecule has 1 aliphatic heterocycles. The van der Waals surface area contributed by atoms with Crippen molar-refractivity contribution in [3.8, 4) is 0 Å². The first-order valence-corrected chi connectivity index (χ1v) is 6.22. The average Bonchev–Trinajstić information content (AvgIpc) is 2.61. The zero-order valence-electron chi connectivity index (χ0n) is 10.1. The summed E-state index contributed by atoms with van der Waals surface area (Å²) in [7, 11) is 0. The molecule has 2 N–H and O–H groups in total. The molecule has 0 bridgehead atoms. The van der Waals surface area contributed by atoms with Crippen molar-refractivity contribution >= 4 is 6.29 Å². The predicted molar refractivity (Wildman–Crippen MR) is 63.8 cm³/mol. The second-order valence-corrected chi connectivity index (χ2v) is 4.57. The molecule has 2 aliphatic rings. The van der Waals surface area contributed by atoms with Gasteiger partial charge in [0.25, 0.3) is 0 Å². The number of aliphatic hydroxyl groups excluding tert-OH is 2. The highest BCUT2D eigenvalue weighted by molar-refractivity contribution is 5.73. The molecule has 0 fully saturated rings. The van der Waals surface area contributed by atoms with Crippen molar-refractivity contribution in [1.82, 2.24) is 4.90 Å². The Morgan fingerprint density at radius 2 is 1.82 bits per heavy atom. The lowest BCUT2D eigenvalue weighted by molar-refractivity contribution is -0.109. The Kier molecular flexibility index (Phi) is 3.64. The third-order valence-corrected chi connectivity index (χ3v) is 3.54. The minimum absolute atomic E-state index is 0.377. The number of hydrogen-bond donors (Lipinski definition) is 2. The maximum atomic E-state index is 11.0. The number of carbonyl (C=O) groups excluding carboxylic acids is 1. The fourth-order valence-corrected chi connectivity index (χ4v) is 2.72. The molecule has 4 heteroatoms. The molecule has 0 radical (unpaired) electrons. The van der Waals surface area contributed by atoms with Crippen molar-refractivity contribution in [1.29, 1.82) is 0 Å². The summed E-state index contributed by atoms with van der Waals surface area (Å²) >= 11 is 0. The zero-order valence-corrected chi connectivity index (χ0v) is 10.1. The van der Waals surface area contributed by atoms with Gasteiger partial charge in [0.15, 0.2) is 18.7 Å². The minimum atomic E-state index is -0.830. The van der Waals surface area contributed by atoms with E-state index in [2.05, 4.69) is 0 Å². The van der Waals surface area contributed by atoms with Crippen LogP contribution in [0, 0.1) is 0 Å². The molecular formula is C13H19NO3. The van der Waals surface area contributed by atoms with Crippen molar-refractivity contribution < 1.29 is 15.0 Å². The van der Waals surface area contributed by atoms with E-state index in [1.807, 2.05) is 6.92 Å². The number of aldehydes is 1. The van der Waals surface area contributed by atoms with Gasteiger partial charge >= 0.3 is 0 Å². The van der Waals surface area contributed by atoms with Gasteiger partial charge in [-0.3, -0.25) is 4.79 Å². The predicted octanol–water partition coefficient (Wildman–Crippen LogP) is 1.30. The van der Waals surface area contributed by atoms with Crippen molar-refractivity contribution in [3.63, 3.8) is 0 Å². The van der Waals surface area contributed by atoms with Crippen LogP contribution in [0.25, 0.3) is 0 Å². The van der Waals surface area contributed by atoms with Gasteiger partial charge < -0.3 is 15.1 Å². The highest BCUT2D eigenvalue weighted by Crippen LogP contribution is 2.39. The van der Waals surface area contributed by atoms with E-state index in [-0.39, 0.29) is 0 Å². The zero-order chi connectivity index (χ0) is 12.4. The molecule has 0 aromatic heterocycles. The minimum Gasteiger partial charge on any atom is -0.369 e. The summed E-state index contributed by atoms with van der Waals surface area (Å²) in [5.74, 6) is 0. The van der Waals surface area contributed by atoms with E-state index in [9.17, 15) is 15.0 Å². The number of nitrogens with zero attached hydrogens (tertiary/aromatic N) is 1. The van der Waals surface area contributed by atoms with Crippen molar-refractivity contribution in [2.75, 3.05) is 0 Å². The topological polar surface area (TPSA) is 60.8 Å². The van der Waals surface area contributed by atoms with E-state index in [4.69, 9.17) is 0 Å². The second kappa shape index (κ2) is 5.02. The molecule has 0 aromatic rings. The lowest BCUT2D eigenvalue weighted by atomic mass is 9.93. The van der Waals surface area contributed by atoms with Gasteiger partial charge in [0.2, 0.25) is 0 Å². The maximum Gasteiger partial charge on any atom is 0.165 e. The van der Waals surface area contributed by atoms with Crippen LogP contribution in [0.3, 0.4) is 0 Å². The van der Waals surface area contributed by atoms with Crippen molar-refractivity contribution in [2.45, 2.75) is 51.5 Å². The van der Waals surface area contributed by atoms with E-state index in [1.54, 1.807) is 6.08 Å². The van der Waals surface area contributed by atoms with Gasteiger partial charge in [-0.25, -0.2) is 0 Å². The van der Waals surface area contributed by atoms with Crippen molar-refractivity contribution in [3.05, 3.63) is 22.9 Å². The molecule has 0 spiro atoms. The smallest absolute Gasteiger partial charge is 0.165 e. The molecule has 1 aliphatic carbocycles. The molecule has 2 rings (SSSR count). The lowest BCUT2D eigenvalue weighted by Crippen LogP contribution is -2.38. The van der Waals surface area contributed by atoms with Gasteiger partial charge in [-0.1, -0.05) is 13.0 Å². The summed E-state index contributed by atoms with van der Waals surface area (Å²) in [5.41, 5.74) is 2.20. The van der Waals surface area contributed by atoms with Gasteiger partial charge in [-0.2, -0.15) is 0 Å². The maximum absolute atomic E-state index is 11.0. The molecule has 1 heterocycles. The van der Waals surface area contributed by atoms with Gasteiger partial charge in [0.05, 0.1) is 5.70 Å². The Labute approximate surface area is 101 Å². The van der Waals surface area contributed by atoms with Crippen LogP contribution in [0.4, 0.5) is 0 Å². The number of hydrogen-bond acceptors (Lipinski definition) is 4. The molecule has 4 nitrogen and oxygen atoms in total. The van der Waals surface area contributed by atoms with Crippen LogP contribution in [0.5, 0.6) is 0 Å². The quantitative estimate of drug-likeness (QED) is 0.441. The summed E-state index contributed by atoms with van der Waals surface area (Å²) in [4.78, 5) is 12.5. The lowest BCUT2D eigenvalue weighted by Gasteiger charge is -2.27. The Hall–Kier alpha value is -1.13. The standard InChI is InChI=1S/C13H19NO3/c1-2-5-9(8-15)14-12(16)10-6-3-4-7-11(10)13(14)17/h5,8,12-13,16-17H,2-4,6-7H2,1H3. The summed E-state index contributed by atoms with van der Waals surface area (Å²) in [6, 6.07) is 0. The van der Waals surface area contributed by atoms with E-state index in [1.165, 1.54) is 4.90 Å². The molecule has 0 saturated heterocycles. The summed E-state index contributed by atoms with van der Waals surface area (Å²) in [5, 5.41) is 20.4. The second-order valence-electron chi connectivity index (χ2n) is 4.57. The Bertz CT molecular complexity index is 351. The van der Waals surface area contributed by atoms with Gasteiger partial charge in [-0.05, 0) is 43.3 Å². The molecule has 0 aromatic carbocycles. The van der Waals surface area contributed by atoms with Crippen LogP contribution >= 0.6 is 0 Å². The van der Waals surface area contributed by atoms with Crippen LogP contribution in [0.2, 0.25) is 0 Å². The van der Waals surface area contributed by atoms with Crippen molar-refractivity contribution in [2.24, 2.45) is 0 Å². The third-order valence-electron chi connectivity index (χ3n) is 3.54. The van der Waals surface area contributed by atoms with Gasteiger partial charge in [0.1, 0.15) is 0 Å². The van der Waals surface area contributed by atoms with Gasteiger partial charge in [0, 0.05) is 0 Å². The van der Waals surface area contributed by atoms with Crippen LogP contribution in [-0.2, 0) is 4.79 Å². The normalized spacial score (nSPS) is 29.6. The first kappa shape index (κ1) is 12.3. The first-order valence-electron chi connectivity index (χ1n) is 6.22. The highest BCUT2D eigenvalue weighted by Gasteiger charge is 2.39. The molecule has 0 saturated carbocycles. The first-order chi connectivity index (χ1) is 8.20. The number of allylic oxidation sites excluding steroid dienone is 2. The average molecular weight is 237 g/mol. The van der Waals surface area contributed by atoms with Crippen LogP contribution in [-0.4, -0.2) is 33.9 Å². The number of rotatable bonds is 3. The van der Waals surface area contributed by atoms with Gasteiger partial charge in [-0.15, -0.1) is 0 Å². The molecule has 17 heavy (non-hydrogen) atoms. The Morgan fingerprint density at radius 3 is 2.24 bits per heavy atom. The molecule has 2 unspecified atom stereocenters. The summed E-state index contributed by atoms with van der Waals surface area (Å²) in [6.07, 6.45) is 5.21. The summed E-state index contributed by atoms with van der Waals surface area (Å²) in [6.45, 7) is 1.92. The molecular weight excluding hydrogens is 218 g/mol. The van der Waals surface area contributed by atoms with E-state index < -0.39 is 12.5 Å². The molecule has 0 amide bonds. The fraction of sp³-hybridized carbons (Fsp3) is 0.615. The molecule has 2 atom stereocenters. The van der Waals surface area contributed by atoms with Crippen LogP contribution in [0.1, 0.15) is 39.0 Å². The van der Waals surface area contributed by atoms with Crippen LogP contribution < -0.4 is 0 Å². The third kappa shape index (κ3) is 2.03. The largest absolute Gasteiger partial charge is 0.369 e. The fourth-order valence-electron chi connectivity index (χ4n) is 2.72. The monoisotopic (exact) mass is 237 g/mol. The van der Waals surface area contributed by atoms with E-state index in [0.717, 1.165) is 36.8 Å². The number of carbonyl (C=O) groups is 1. The van der Waals surface area contributed by atoms with E-state index >= 15 is 0 Å². The SMILES string of the molecule is CCC=C(C=O)N1C(O)C2=C(CCCC2)C1O.